The molecule has 1 fully saturated rings. The summed E-state index contributed by atoms with van der Waals surface area (Å²) in [6.07, 6.45) is 3.54. The highest BCUT2D eigenvalue weighted by atomic mass is 19.1. The van der Waals surface area contributed by atoms with E-state index in [1.807, 2.05) is 0 Å². The lowest BCUT2D eigenvalue weighted by molar-refractivity contribution is 0.206. The molecule has 3 rings (SSSR count). The lowest BCUT2D eigenvalue weighted by atomic mass is 9.98. The van der Waals surface area contributed by atoms with Crippen LogP contribution in [0.5, 0.6) is 11.8 Å². The summed E-state index contributed by atoms with van der Waals surface area (Å²) in [5.41, 5.74) is 0.312. The van der Waals surface area contributed by atoms with E-state index in [2.05, 4.69) is 24.8 Å². The molecule has 2 aromatic heterocycles. The number of aryl methyl sites for hydroxylation is 2. The zero-order valence-electron chi connectivity index (χ0n) is 14.7. The number of aromatic nitrogens is 4. The van der Waals surface area contributed by atoms with E-state index in [1.54, 1.807) is 33.2 Å². The number of ether oxygens (including phenoxy) is 2. The number of hydrogen-bond acceptors (Lipinski definition) is 7. The third kappa shape index (κ3) is 4.12. The van der Waals surface area contributed by atoms with Gasteiger partial charge < -0.3 is 14.4 Å². The van der Waals surface area contributed by atoms with E-state index in [-0.39, 0.29) is 5.88 Å². The molecular weight excluding hydrogens is 325 g/mol. The molecule has 0 saturated carbocycles. The lowest BCUT2D eigenvalue weighted by Crippen LogP contribution is -2.36. The van der Waals surface area contributed by atoms with E-state index in [0.717, 1.165) is 25.9 Å². The molecular formula is C17H22FN5O2. The van der Waals surface area contributed by atoms with Crippen molar-refractivity contribution in [2.24, 2.45) is 5.92 Å². The number of anilines is 1. The first-order valence-electron chi connectivity index (χ1n) is 8.32. The van der Waals surface area contributed by atoms with Crippen molar-refractivity contribution >= 4 is 5.95 Å². The van der Waals surface area contributed by atoms with Crippen LogP contribution in [0.15, 0.2) is 12.3 Å². The number of methoxy groups -OCH3 is 1. The van der Waals surface area contributed by atoms with E-state index < -0.39 is 5.82 Å². The van der Waals surface area contributed by atoms with Gasteiger partial charge >= 0.3 is 0 Å². The number of rotatable bonds is 5. The van der Waals surface area contributed by atoms with Crippen molar-refractivity contribution < 1.29 is 13.9 Å². The molecule has 0 N–H and O–H groups in total. The Morgan fingerprint density at radius 3 is 2.68 bits per heavy atom. The van der Waals surface area contributed by atoms with Gasteiger partial charge in [-0.2, -0.15) is 14.4 Å². The summed E-state index contributed by atoms with van der Waals surface area (Å²) >= 11 is 0. The molecule has 0 spiro atoms. The molecule has 0 aliphatic carbocycles. The SMILES string of the molecule is COc1ccnc(N2CCC(COc3nc(C)nc(C)c3F)CC2)n1. The molecule has 134 valence electrons. The molecule has 1 saturated heterocycles. The van der Waals surface area contributed by atoms with Gasteiger partial charge in [0.1, 0.15) is 5.82 Å². The van der Waals surface area contributed by atoms with E-state index in [0.29, 0.717) is 35.9 Å². The van der Waals surface area contributed by atoms with Gasteiger partial charge in [-0.05, 0) is 32.6 Å². The molecule has 1 aliphatic heterocycles. The van der Waals surface area contributed by atoms with Crippen LogP contribution in [-0.4, -0.2) is 46.7 Å². The van der Waals surface area contributed by atoms with Crippen LogP contribution < -0.4 is 14.4 Å². The molecule has 3 heterocycles. The fourth-order valence-corrected chi connectivity index (χ4v) is 2.86. The van der Waals surface area contributed by atoms with Crippen LogP contribution in [0, 0.1) is 25.6 Å². The van der Waals surface area contributed by atoms with Gasteiger partial charge in [-0.3, -0.25) is 0 Å². The second kappa shape index (κ2) is 7.58. The van der Waals surface area contributed by atoms with Gasteiger partial charge in [-0.25, -0.2) is 9.97 Å². The Balaban J connectivity index is 1.54. The summed E-state index contributed by atoms with van der Waals surface area (Å²) in [5.74, 6) is 1.65. The van der Waals surface area contributed by atoms with Gasteiger partial charge in [0.25, 0.3) is 5.88 Å². The molecule has 0 bridgehead atoms. The minimum atomic E-state index is -0.479. The maximum Gasteiger partial charge on any atom is 0.254 e. The van der Waals surface area contributed by atoms with E-state index in [1.165, 1.54) is 0 Å². The van der Waals surface area contributed by atoms with E-state index >= 15 is 0 Å². The van der Waals surface area contributed by atoms with Gasteiger partial charge in [-0.1, -0.05) is 0 Å². The standard InChI is InChI=1S/C17H22FN5O2/c1-11-15(18)16(21-12(2)20-11)25-10-13-5-8-23(9-6-13)17-19-7-4-14(22-17)24-3/h4,7,13H,5-6,8-10H2,1-3H3. The molecule has 25 heavy (non-hydrogen) atoms. The molecule has 1 aliphatic rings. The first-order valence-corrected chi connectivity index (χ1v) is 8.32. The zero-order chi connectivity index (χ0) is 17.8. The van der Waals surface area contributed by atoms with Gasteiger partial charge in [-0.15, -0.1) is 0 Å². The number of piperidine rings is 1. The largest absolute Gasteiger partial charge is 0.481 e. The summed E-state index contributed by atoms with van der Waals surface area (Å²) in [4.78, 5) is 18.8. The quantitative estimate of drug-likeness (QED) is 0.822. The maximum atomic E-state index is 14.0. The van der Waals surface area contributed by atoms with Crippen LogP contribution in [0.2, 0.25) is 0 Å². The third-order valence-corrected chi connectivity index (χ3v) is 4.28. The van der Waals surface area contributed by atoms with Crippen molar-refractivity contribution in [3.63, 3.8) is 0 Å². The Bertz CT molecular complexity index is 735. The van der Waals surface area contributed by atoms with Crippen molar-refractivity contribution in [3.05, 3.63) is 29.6 Å². The average molecular weight is 347 g/mol. The minimum Gasteiger partial charge on any atom is -0.481 e. The second-order valence-corrected chi connectivity index (χ2v) is 6.12. The van der Waals surface area contributed by atoms with Crippen LogP contribution in [0.25, 0.3) is 0 Å². The Hall–Kier alpha value is -2.51. The third-order valence-electron chi connectivity index (χ3n) is 4.28. The number of halogens is 1. The lowest BCUT2D eigenvalue weighted by Gasteiger charge is -2.31. The molecule has 0 aromatic carbocycles. The summed E-state index contributed by atoms with van der Waals surface area (Å²) in [6, 6.07) is 1.73. The van der Waals surface area contributed by atoms with E-state index in [9.17, 15) is 4.39 Å². The van der Waals surface area contributed by atoms with Crippen molar-refractivity contribution in [1.29, 1.82) is 0 Å². The van der Waals surface area contributed by atoms with Gasteiger partial charge in [0.15, 0.2) is 0 Å². The normalized spacial score (nSPS) is 15.3. The second-order valence-electron chi connectivity index (χ2n) is 6.12. The Morgan fingerprint density at radius 2 is 1.96 bits per heavy atom. The molecule has 8 heteroatoms. The predicted molar refractivity (Wildman–Crippen MR) is 90.5 cm³/mol. The van der Waals surface area contributed by atoms with Crippen LogP contribution in [0.1, 0.15) is 24.4 Å². The van der Waals surface area contributed by atoms with Crippen LogP contribution >= 0.6 is 0 Å². The predicted octanol–water partition coefficient (Wildman–Crippen LogP) is 2.33. The van der Waals surface area contributed by atoms with Crippen molar-refractivity contribution in [3.8, 4) is 11.8 Å². The summed E-state index contributed by atoms with van der Waals surface area (Å²) < 4.78 is 24.8. The highest BCUT2D eigenvalue weighted by Gasteiger charge is 2.23. The number of hydrogen-bond donors (Lipinski definition) is 0. The van der Waals surface area contributed by atoms with Gasteiger partial charge in [0, 0.05) is 25.4 Å². The number of nitrogens with zero attached hydrogens (tertiary/aromatic N) is 5. The summed E-state index contributed by atoms with van der Waals surface area (Å²) in [5, 5.41) is 0. The molecule has 0 atom stereocenters. The highest BCUT2D eigenvalue weighted by molar-refractivity contribution is 5.32. The summed E-state index contributed by atoms with van der Waals surface area (Å²) in [6.45, 7) is 5.44. The molecule has 2 aromatic rings. The zero-order valence-corrected chi connectivity index (χ0v) is 14.7. The van der Waals surface area contributed by atoms with Crippen molar-refractivity contribution in [1.82, 2.24) is 19.9 Å². The summed E-state index contributed by atoms with van der Waals surface area (Å²) in [7, 11) is 1.59. The van der Waals surface area contributed by atoms with Crippen molar-refractivity contribution in [2.45, 2.75) is 26.7 Å². The van der Waals surface area contributed by atoms with Crippen LogP contribution in [0.3, 0.4) is 0 Å². The first-order chi connectivity index (χ1) is 12.1. The first kappa shape index (κ1) is 17.3. The smallest absolute Gasteiger partial charge is 0.254 e. The van der Waals surface area contributed by atoms with Gasteiger partial charge in [0.05, 0.1) is 19.4 Å². The van der Waals surface area contributed by atoms with E-state index in [4.69, 9.17) is 9.47 Å². The molecule has 7 nitrogen and oxygen atoms in total. The highest BCUT2D eigenvalue weighted by Crippen LogP contribution is 2.23. The Labute approximate surface area is 146 Å². The molecule has 0 radical (unpaired) electrons. The molecule has 0 amide bonds. The topological polar surface area (TPSA) is 73.3 Å². The Kier molecular flexibility index (Phi) is 5.25. The Morgan fingerprint density at radius 1 is 1.20 bits per heavy atom. The monoisotopic (exact) mass is 347 g/mol. The molecule has 0 unspecified atom stereocenters. The van der Waals surface area contributed by atoms with Crippen molar-refractivity contribution in [2.75, 3.05) is 31.7 Å². The average Bonchev–Trinajstić information content (AvgIpc) is 2.64. The maximum absolute atomic E-state index is 14.0. The van der Waals surface area contributed by atoms with Crippen LogP contribution in [0.4, 0.5) is 10.3 Å². The minimum absolute atomic E-state index is 0.0450. The van der Waals surface area contributed by atoms with Gasteiger partial charge in [0.2, 0.25) is 17.6 Å². The van der Waals surface area contributed by atoms with Crippen LogP contribution in [-0.2, 0) is 0 Å². The fraction of sp³-hybridized carbons (Fsp3) is 0.529. The fourth-order valence-electron chi connectivity index (χ4n) is 2.86.